The van der Waals surface area contributed by atoms with Crippen LogP contribution in [0.2, 0.25) is 0 Å². The van der Waals surface area contributed by atoms with E-state index in [-0.39, 0.29) is 19.3 Å². The summed E-state index contributed by atoms with van der Waals surface area (Å²) in [5.74, 6) is -1.58. The molecule has 16 nitrogen and oxygen atoms in total. The second-order valence-corrected chi connectivity index (χ2v) is 29.8. The average molecular weight is 1460 g/mol. The van der Waals surface area contributed by atoms with Crippen LogP contribution >= 0.6 is 15.6 Å². The molecule has 0 aliphatic rings. The van der Waals surface area contributed by atoms with Crippen LogP contribution in [0.25, 0.3) is 0 Å². The fraction of sp³-hybridized carbons (Fsp3) is 0.747. The molecule has 0 aliphatic heterocycles. The molecule has 0 rings (SSSR count). The minimum absolute atomic E-state index is 0.103. The van der Waals surface area contributed by atoms with Crippen molar-refractivity contribution in [1.82, 2.24) is 0 Å². The lowest BCUT2D eigenvalue weighted by Gasteiger charge is -2.21. The Kier molecular flexibility index (Phi) is 73.0. The fourth-order valence-corrected chi connectivity index (χ4v) is 12.5. The molecule has 0 aromatic heterocycles. The Labute approximate surface area is 615 Å². The van der Waals surface area contributed by atoms with E-state index in [1.54, 1.807) is 0 Å². The van der Waals surface area contributed by atoms with Crippen molar-refractivity contribution in [3.8, 4) is 0 Å². The molecule has 4 N–H and O–H groups in total. The molecule has 0 saturated carbocycles. The van der Waals surface area contributed by atoms with Gasteiger partial charge in [-0.15, -0.1) is 0 Å². The van der Waals surface area contributed by atoms with Crippen LogP contribution in [0.15, 0.2) is 109 Å². The van der Waals surface area contributed by atoms with Crippen molar-refractivity contribution in [2.45, 2.75) is 360 Å². The molecule has 0 fully saturated rings. The lowest BCUT2D eigenvalue weighted by Crippen LogP contribution is -2.30. The zero-order valence-corrected chi connectivity index (χ0v) is 65.6. The number of ether oxygens (including phenoxy) is 3. The molecule has 5 unspecified atom stereocenters. The Bertz CT molecular complexity index is 2270. The highest BCUT2D eigenvalue weighted by molar-refractivity contribution is 7.47. The smallest absolute Gasteiger partial charge is 0.463 e. The number of carbonyl (C=O) groups is 3. The lowest BCUT2D eigenvalue weighted by atomic mass is 10.0. The standard InChI is InChI=1S/C83H146O16P2/c1-4-7-10-13-16-19-22-25-28-30-32-34-35-36-37-38-39-40-41-43-45-46-49-51-54-57-60-63-66-69-81(86)93-72-78(84)73-95-100(89,90)96-74-79(85)75-97-101(91,92)98-77-80(99-83(88)71-68-65-62-59-56-53-48-27-24-21-18-15-12-9-6-3)76-94-82(87)70-67-64-61-58-55-52-50-47-44-42-33-31-29-26-23-20-17-14-11-8-5-2/h8,11,16-17,19-20,25-26,28-29,32-34,36-37,42,47,50,78-80,84-85H,4-7,9-10,12-15,18,21-24,27,30-31,35,38-41,43-46,48-49,51-77H2,1-3H3,(H,89,90)(H,91,92)/b11-8-,19-16-,20-17-,28-25-,29-26-,34-32-,37-36-,42-33-,50-47-. The predicted molar refractivity (Wildman–Crippen MR) is 417 cm³/mol. The van der Waals surface area contributed by atoms with E-state index in [1.807, 2.05) is 0 Å². The van der Waals surface area contributed by atoms with E-state index in [9.17, 15) is 43.5 Å². The number of phosphoric acid groups is 2. The molecular formula is C83H146O16P2. The lowest BCUT2D eigenvalue weighted by molar-refractivity contribution is -0.161. The Morgan fingerprint density at radius 2 is 0.525 bits per heavy atom. The van der Waals surface area contributed by atoms with Gasteiger partial charge >= 0.3 is 33.6 Å². The van der Waals surface area contributed by atoms with Gasteiger partial charge in [-0.05, 0) is 109 Å². The van der Waals surface area contributed by atoms with E-state index >= 15 is 0 Å². The van der Waals surface area contributed by atoms with Crippen LogP contribution in [0.4, 0.5) is 0 Å². The van der Waals surface area contributed by atoms with Crippen molar-refractivity contribution in [2.24, 2.45) is 0 Å². The van der Waals surface area contributed by atoms with Crippen LogP contribution in [0.3, 0.4) is 0 Å². The number of allylic oxidation sites excluding steroid dienone is 18. The van der Waals surface area contributed by atoms with Gasteiger partial charge in [0.25, 0.3) is 0 Å². The topological polar surface area (TPSA) is 231 Å². The van der Waals surface area contributed by atoms with Crippen LogP contribution in [-0.4, -0.2) is 95.9 Å². The highest BCUT2D eigenvalue weighted by atomic mass is 31.2. The molecule has 0 heterocycles. The number of esters is 3. The van der Waals surface area contributed by atoms with Gasteiger partial charge < -0.3 is 34.2 Å². The summed E-state index contributed by atoms with van der Waals surface area (Å²) in [6.45, 7) is 2.56. The first kappa shape index (κ1) is 97.2. The largest absolute Gasteiger partial charge is 0.472 e. The summed E-state index contributed by atoms with van der Waals surface area (Å²) in [5, 5.41) is 20.6. The monoisotopic (exact) mass is 1460 g/mol. The molecule has 0 saturated heterocycles. The third kappa shape index (κ3) is 77.1. The normalized spacial score (nSPS) is 14.6. The summed E-state index contributed by atoms with van der Waals surface area (Å²) in [5.41, 5.74) is 0. The van der Waals surface area contributed by atoms with Gasteiger partial charge in [-0.3, -0.25) is 32.5 Å². The minimum Gasteiger partial charge on any atom is -0.463 e. The van der Waals surface area contributed by atoms with Crippen molar-refractivity contribution in [3.63, 3.8) is 0 Å². The fourth-order valence-electron chi connectivity index (χ4n) is 10.9. The first-order valence-corrected chi connectivity index (χ1v) is 43.2. The number of phosphoric ester groups is 2. The molecule has 5 atom stereocenters. The van der Waals surface area contributed by atoms with Crippen molar-refractivity contribution >= 4 is 33.6 Å². The molecule has 0 spiro atoms. The van der Waals surface area contributed by atoms with E-state index in [1.165, 1.54) is 148 Å². The van der Waals surface area contributed by atoms with Crippen LogP contribution in [0, 0.1) is 0 Å². The van der Waals surface area contributed by atoms with Crippen LogP contribution in [0.1, 0.15) is 342 Å². The second-order valence-electron chi connectivity index (χ2n) is 26.8. The van der Waals surface area contributed by atoms with Gasteiger partial charge in [0.2, 0.25) is 0 Å². The number of aliphatic hydroxyl groups excluding tert-OH is 2. The molecule has 0 aromatic rings. The van der Waals surface area contributed by atoms with Crippen molar-refractivity contribution in [1.29, 1.82) is 0 Å². The minimum atomic E-state index is -4.93. The maximum atomic E-state index is 13.0. The first-order valence-electron chi connectivity index (χ1n) is 40.2. The average Bonchev–Trinajstić information content (AvgIpc) is 1.09. The predicted octanol–water partition coefficient (Wildman–Crippen LogP) is 23.5. The molecule has 584 valence electrons. The summed E-state index contributed by atoms with van der Waals surface area (Å²) in [6.07, 6.45) is 88.5. The van der Waals surface area contributed by atoms with Gasteiger partial charge in [0.05, 0.1) is 26.4 Å². The molecule has 0 bridgehead atoms. The Balaban J connectivity index is 4.53. The van der Waals surface area contributed by atoms with Gasteiger partial charge in [-0.2, -0.15) is 0 Å². The van der Waals surface area contributed by atoms with Crippen molar-refractivity contribution in [2.75, 3.05) is 39.6 Å². The summed E-state index contributed by atoms with van der Waals surface area (Å²) in [6, 6.07) is 0. The van der Waals surface area contributed by atoms with Crippen molar-refractivity contribution < 1.29 is 75.8 Å². The second kappa shape index (κ2) is 75.9. The molecule has 18 heteroatoms. The number of rotatable bonds is 76. The summed E-state index contributed by atoms with van der Waals surface area (Å²) >= 11 is 0. The highest BCUT2D eigenvalue weighted by Crippen LogP contribution is 2.45. The Morgan fingerprint density at radius 3 is 0.851 bits per heavy atom. The third-order valence-corrected chi connectivity index (χ3v) is 18.9. The van der Waals surface area contributed by atoms with Crippen molar-refractivity contribution in [3.05, 3.63) is 109 Å². The zero-order chi connectivity index (χ0) is 73.7. The van der Waals surface area contributed by atoms with Gasteiger partial charge in [0, 0.05) is 19.3 Å². The van der Waals surface area contributed by atoms with E-state index in [4.69, 9.17) is 32.3 Å². The summed E-state index contributed by atoms with van der Waals surface area (Å²) < 4.78 is 61.2. The molecular weight excluding hydrogens is 1310 g/mol. The molecule has 0 aliphatic carbocycles. The van der Waals surface area contributed by atoms with Gasteiger partial charge in [0.1, 0.15) is 25.4 Å². The SMILES string of the molecule is CC/C=C\C/C=C\C/C=C\C/C=C\C/C=C\CCCCCCCC(=O)OCC(COP(=O)(O)OCC(O)COP(=O)(O)OCC(O)COC(=O)CCCCCCCCCCCCCCC/C=C\C/C=C\C/C=C\C/C=C\CCCCC)OC(=O)CCCCCCCCCCCCCCCCC. The number of aliphatic hydroxyl groups is 2. The quantitative estimate of drug-likeness (QED) is 0.0146. The van der Waals surface area contributed by atoms with E-state index < -0.39 is 91.5 Å². The Morgan fingerprint density at radius 1 is 0.287 bits per heavy atom. The Hall–Kier alpha value is -3.79. The summed E-state index contributed by atoms with van der Waals surface area (Å²) in [4.78, 5) is 58.7. The summed E-state index contributed by atoms with van der Waals surface area (Å²) in [7, 11) is -9.79. The zero-order valence-electron chi connectivity index (χ0n) is 63.8. The van der Waals surface area contributed by atoms with Crippen LogP contribution in [0.5, 0.6) is 0 Å². The van der Waals surface area contributed by atoms with Crippen LogP contribution < -0.4 is 0 Å². The number of hydrogen-bond donors (Lipinski definition) is 4. The van der Waals surface area contributed by atoms with Gasteiger partial charge in [0.15, 0.2) is 6.10 Å². The van der Waals surface area contributed by atoms with E-state index in [0.717, 1.165) is 135 Å². The maximum Gasteiger partial charge on any atom is 0.472 e. The number of hydrogen-bond acceptors (Lipinski definition) is 14. The molecule has 0 amide bonds. The molecule has 0 radical (unpaired) electrons. The van der Waals surface area contributed by atoms with E-state index in [2.05, 4.69) is 130 Å². The van der Waals surface area contributed by atoms with Gasteiger partial charge in [-0.25, -0.2) is 9.13 Å². The van der Waals surface area contributed by atoms with Gasteiger partial charge in [-0.1, -0.05) is 323 Å². The highest BCUT2D eigenvalue weighted by Gasteiger charge is 2.29. The van der Waals surface area contributed by atoms with Crippen LogP contribution in [-0.2, 0) is 55.8 Å². The maximum absolute atomic E-state index is 13.0. The van der Waals surface area contributed by atoms with E-state index in [0.29, 0.717) is 19.3 Å². The number of unbranched alkanes of at least 4 members (excludes halogenated alkanes) is 35. The first-order chi connectivity index (χ1) is 49.2. The molecule has 101 heavy (non-hydrogen) atoms. The third-order valence-electron chi connectivity index (χ3n) is 17.0. The number of carbonyl (C=O) groups excluding carboxylic acids is 3. The molecule has 0 aromatic carbocycles.